The lowest BCUT2D eigenvalue weighted by Gasteiger charge is -2.27. The Morgan fingerprint density at radius 1 is 1.21 bits per heavy atom. The fourth-order valence-electron chi connectivity index (χ4n) is 3.64. The van der Waals surface area contributed by atoms with Crippen LogP contribution in [0, 0.1) is 12.8 Å². The zero-order chi connectivity index (χ0) is 24.1. The van der Waals surface area contributed by atoms with Crippen molar-refractivity contribution in [3.8, 4) is 5.75 Å². The molecule has 4 amide bonds. The summed E-state index contributed by atoms with van der Waals surface area (Å²) < 4.78 is 5.50. The summed E-state index contributed by atoms with van der Waals surface area (Å²) in [6.45, 7) is 5.84. The Morgan fingerprint density at radius 2 is 1.91 bits per heavy atom. The number of halogens is 1. The molecule has 1 fully saturated rings. The van der Waals surface area contributed by atoms with Gasteiger partial charge in [-0.3, -0.25) is 9.59 Å². The van der Waals surface area contributed by atoms with Crippen molar-refractivity contribution in [1.29, 1.82) is 0 Å². The molecule has 1 unspecified atom stereocenters. The quantitative estimate of drug-likeness (QED) is 0.380. The Labute approximate surface area is 197 Å². The molecule has 9 heteroatoms. The molecule has 176 valence electrons. The molecule has 0 saturated carbocycles. The van der Waals surface area contributed by atoms with E-state index in [0.717, 1.165) is 10.5 Å². The molecule has 0 aliphatic carbocycles. The number of nitrogens with zero attached hydrogens (tertiary/aromatic N) is 1. The number of hydrogen-bond acceptors (Lipinski definition) is 5. The highest BCUT2D eigenvalue weighted by Crippen LogP contribution is 2.29. The summed E-state index contributed by atoms with van der Waals surface area (Å²) in [6.07, 6.45) is 0.514. The average Bonchev–Trinajstić information content (AvgIpc) is 3.05. The maximum Gasteiger partial charge on any atom is 0.325 e. The van der Waals surface area contributed by atoms with Gasteiger partial charge in [-0.25, -0.2) is 9.69 Å². The monoisotopic (exact) mass is 473 g/mol. The Kier molecular flexibility index (Phi) is 7.94. The van der Waals surface area contributed by atoms with Gasteiger partial charge in [-0.2, -0.15) is 0 Å². The molecule has 3 N–H and O–H groups in total. The predicted molar refractivity (Wildman–Crippen MR) is 125 cm³/mol. The van der Waals surface area contributed by atoms with Crippen LogP contribution in [-0.4, -0.2) is 47.1 Å². The van der Waals surface area contributed by atoms with Crippen molar-refractivity contribution in [3.05, 3.63) is 58.6 Å². The lowest BCUT2D eigenvalue weighted by atomic mass is 10.00. The molecule has 3 rings (SSSR count). The lowest BCUT2D eigenvalue weighted by Crippen LogP contribution is -2.50. The summed E-state index contributed by atoms with van der Waals surface area (Å²) in [5.74, 6) is -0.731. The molecule has 8 nitrogen and oxygen atoms in total. The highest BCUT2D eigenvalue weighted by Gasteiger charge is 2.46. The number of urea groups is 1. The maximum atomic E-state index is 13.2. The Morgan fingerprint density at radius 3 is 2.52 bits per heavy atom. The van der Waals surface area contributed by atoms with Crippen LogP contribution in [0.15, 0.2) is 42.5 Å². The third kappa shape index (κ3) is 5.64. The van der Waals surface area contributed by atoms with Gasteiger partial charge in [0.1, 0.15) is 17.8 Å². The third-order valence-corrected chi connectivity index (χ3v) is 5.63. The van der Waals surface area contributed by atoms with Gasteiger partial charge in [0.05, 0.1) is 17.3 Å². The predicted octanol–water partition coefficient (Wildman–Crippen LogP) is 3.67. The summed E-state index contributed by atoms with van der Waals surface area (Å²) in [5.41, 5.74) is 1.94. The highest BCUT2D eigenvalue weighted by molar-refractivity contribution is 6.33. The first kappa shape index (κ1) is 24.5. The SMILES string of the molecule is Cc1ccc(NC(=O)C(C(C)C)N2C(=O)N[C@H](c3ccc(OCCCO)cc3)C2=O)c(Cl)c1. The van der Waals surface area contributed by atoms with E-state index in [1.165, 1.54) is 0 Å². The van der Waals surface area contributed by atoms with E-state index in [4.69, 9.17) is 21.4 Å². The first-order valence-corrected chi connectivity index (χ1v) is 11.1. The summed E-state index contributed by atoms with van der Waals surface area (Å²) in [5, 5.41) is 14.6. The van der Waals surface area contributed by atoms with Gasteiger partial charge in [0.15, 0.2) is 0 Å². The second-order valence-corrected chi connectivity index (χ2v) is 8.65. The summed E-state index contributed by atoms with van der Waals surface area (Å²) in [7, 11) is 0. The number of aliphatic hydroxyl groups excluding tert-OH is 1. The van der Waals surface area contributed by atoms with Crippen molar-refractivity contribution in [2.24, 2.45) is 5.92 Å². The van der Waals surface area contributed by atoms with Gasteiger partial charge in [-0.05, 0) is 48.2 Å². The van der Waals surface area contributed by atoms with Crippen LogP contribution >= 0.6 is 11.6 Å². The largest absolute Gasteiger partial charge is 0.494 e. The van der Waals surface area contributed by atoms with E-state index < -0.39 is 29.9 Å². The number of amides is 4. The summed E-state index contributed by atoms with van der Waals surface area (Å²) in [6, 6.07) is 9.45. The molecule has 2 aromatic rings. The van der Waals surface area contributed by atoms with E-state index >= 15 is 0 Å². The molecular formula is C24H28ClN3O5. The molecule has 0 spiro atoms. The molecule has 1 heterocycles. The van der Waals surface area contributed by atoms with Gasteiger partial charge < -0.3 is 20.5 Å². The van der Waals surface area contributed by atoms with Crippen molar-refractivity contribution >= 4 is 35.1 Å². The zero-order valence-electron chi connectivity index (χ0n) is 18.8. The normalized spacial score (nSPS) is 16.7. The van der Waals surface area contributed by atoms with E-state index in [1.807, 2.05) is 13.0 Å². The van der Waals surface area contributed by atoms with Crippen LogP contribution in [0.2, 0.25) is 5.02 Å². The zero-order valence-corrected chi connectivity index (χ0v) is 19.6. The smallest absolute Gasteiger partial charge is 0.325 e. The number of rotatable bonds is 9. The van der Waals surface area contributed by atoms with Crippen molar-refractivity contribution in [3.63, 3.8) is 0 Å². The van der Waals surface area contributed by atoms with Crippen LogP contribution in [0.4, 0.5) is 10.5 Å². The van der Waals surface area contributed by atoms with E-state index in [0.29, 0.717) is 35.1 Å². The molecule has 0 aromatic heterocycles. The fraction of sp³-hybridized carbons (Fsp3) is 0.375. The van der Waals surface area contributed by atoms with Gasteiger partial charge in [0.25, 0.3) is 5.91 Å². The van der Waals surface area contributed by atoms with Crippen LogP contribution in [-0.2, 0) is 9.59 Å². The fourth-order valence-corrected chi connectivity index (χ4v) is 3.92. The Hall–Kier alpha value is -3.10. The van der Waals surface area contributed by atoms with E-state index in [1.54, 1.807) is 50.2 Å². The number of anilines is 1. The van der Waals surface area contributed by atoms with E-state index in [-0.39, 0.29) is 12.5 Å². The van der Waals surface area contributed by atoms with Gasteiger partial charge in [-0.1, -0.05) is 43.6 Å². The molecule has 2 atom stereocenters. The second kappa shape index (κ2) is 10.7. The second-order valence-electron chi connectivity index (χ2n) is 8.25. The number of imide groups is 1. The van der Waals surface area contributed by atoms with Crippen LogP contribution in [0.1, 0.15) is 37.4 Å². The standard InChI is InChI=1S/C24H28ClN3O5/c1-14(2)21(22(30)26-19-10-5-15(3)13-18(19)25)28-23(31)20(27-24(28)32)16-6-8-17(9-7-16)33-12-4-11-29/h5-10,13-14,20-21,29H,4,11-12H2,1-3H3,(H,26,30)(H,27,32)/t20-,21?/m1/s1. The first-order valence-electron chi connectivity index (χ1n) is 10.8. The molecule has 2 aromatic carbocycles. The van der Waals surface area contributed by atoms with Crippen LogP contribution in [0.5, 0.6) is 5.75 Å². The summed E-state index contributed by atoms with van der Waals surface area (Å²) >= 11 is 6.23. The van der Waals surface area contributed by atoms with E-state index in [9.17, 15) is 14.4 Å². The Bertz CT molecular complexity index is 1030. The average molecular weight is 474 g/mol. The third-order valence-electron chi connectivity index (χ3n) is 5.32. The first-order chi connectivity index (χ1) is 15.7. The number of aliphatic hydroxyl groups is 1. The van der Waals surface area contributed by atoms with Gasteiger partial charge in [0, 0.05) is 13.0 Å². The number of hydrogen-bond donors (Lipinski definition) is 3. The minimum absolute atomic E-state index is 0.0389. The van der Waals surface area contributed by atoms with Gasteiger partial charge in [-0.15, -0.1) is 0 Å². The van der Waals surface area contributed by atoms with E-state index in [2.05, 4.69) is 10.6 Å². The molecule has 1 aliphatic heterocycles. The highest BCUT2D eigenvalue weighted by atomic mass is 35.5. The molecule has 0 bridgehead atoms. The molecule has 1 saturated heterocycles. The van der Waals surface area contributed by atoms with Crippen molar-refractivity contribution in [2.45, 2.75) is 39.3 Å². The van der Waals surface area contributed by atoms with Gasteiger partial charge >= 0.3 is 6.03 Å². The van der Waals surface area contributed by atoms with Crippen molar-refractivity contribution < 1.29 is 24.2 Å². The number of carbonyl (C=O) groups excluding carboxylic acids is 3. The number of aryl methyl sites for hydroxylation is 1. The van der Waals surface area contributed by atoms with Crippen LogP contribution in [0.25, 0.3) is 0 Å². The molecule has 33 heavy (non-hydrogen) atoms. The molecular weight excluding hydrogens is 446 g/mol. The number of ether oxygens (including phenoxy) is 1. The topological polar surface area (TPSA) is 108 Å². The number of carbonyl (C=O) groups is 3. The molecule has 0 radical (unpaired) electrons. The number of benzene rings is 2. The van der Waals surface area contributed by atoms with Crippen LogP contribution < -0.4 is 15.4 Å². The van der Waals surface area contributed by atoms with Gasteiger partial charge in [0.2, 0.25) is 5.91 Å². The molecule has 1 aliphatic rings. The lowest BCUT2D eigenvalue weighted by molar-refractivity contribution is -0.135. The minimum Gasteiger partial charge on any atom is -0.494 e. The minimum atomic E-state index is -1.01. The maximum absolute atomic E-state index is 13.2. The van der Waals surface area contributed by atoms with Crippen LogP contribution in [0.3, 0.4) is 0 Å². The number of nitrogens with one attached hydrogen (secondary N) is 2. The van der Waals surface area contributed by atoms with Crippen molar-refractivity contribution in [1.82, 2.24) is 10.2 Å². The Balaban J connectivity index is 1.77. The summed E-state index contributed by atoms with van der Waals surface area (Å²) in [4.78, 5) is 40.1. The van der Waals surface area contributed by atoms with Crippen molar-refractivity contribution in [2.75, 3.05) is 18.5 Å².